The van der Waals surface area contributed by atoms with Crippen molar-refractivity contribution in [1.29, 1.82) is 0 Å². The molecule has 1 amide bonds. The van der Waals surface area contributed by atoms with Crippen LogP contribution < -0.4 is 14.8 Å². The molecule has 5 nitrogen and oxygen atoms in total. The van der Waals surface area contributed by atoms with E-state index in [9.17, 15) is 9.90 Å². The highest BCUT2D eigenvalue weighted by molar-refractivity contribution is 6.00. The van der Waals surface area contributed by atoms with Gasteiger partial charge in [0.1, 0.15) is 12.5 Å². The Bertz CT molecular complexity index is 784. The summed E-state index contributed by atoms with van der Waals surface area (Å²) in [6.45, 7) is 0. The maximum atomic E-state index is 12.0. The van der Waals surface area contributed by atoms with E-state index in [2.05, 4.69) is 5.32 Å². The molecular weight excluding hydrogens is 270 g/mol. The van der Waals surface area contributed by atoms with Crippen LogP contribution in [0.4, 0.5) is 0 Å². The van der Waals surface area contributed by atoms with Gasteiger partial charge in [-0.05, 0) is 24.3 Å². The minimum absolute atomic E-state index is 0.303. The standard InChI is InChI=1S/C16H11NO4/c18-15-11-3-1-2-4-12(11)16(19,17-15)10-5-6-13-14(9-10)21-8-7-20-13/h1-9,19H,(H,17,18). The molecule has 0 radical (unpaired) electrons. The Morgan fingerprint density at radius 1 is 1.00 bits per heavy atom. The molecule has 0 spiro atoms. The fraction of sp³-hybridized carbons (Fsp3) is 0.0625. The number of carbonyl (C=O) groups is 1. The van der Waals surface area contributed by atoms with Crippen LogP contribution in [-0.2, 0) is 5.72 Å². The lowest BCUT2D eigenvalue weighted by atomic mass is 9.94. The van der Waals surface area contributed by atoms with Crippen molar-refractivity contribution < 1.29 is 19.4 Å². The predicted molar refractivity (Wildman–Crippen MR) is 73.7 cm³/mol. The Kier molecular flexibility index (Phi) is 2.34. The minimum Gasteiger partial charge on any atom is -0.458 e. The summed E-state index contributed by atoms with van der Waals surface area (Å²) in [6.07, 6.45) is 2.85. The van der Waals surface area contributed by atoms with E-state index in [0.29, 0.717) is 28.2 Å². The molecular formula is C16H11NO4. The average Bonchev–Trinajstić information content (AvgIpc) is 2.80. The Labute approximate surface area is 120 Å². The third kappa shape index (κ3) is 1.64. The summed E-state index contributed by atoms with van der Waals surface area (Å²) < 4.78 is 10.6. The number of rotatable bonds is 1. The van der Waals surface area contributed by atoms with Gasteiger partial charge in [-0.2, -0.15) is 0 Å². The number of nitrogens with one attached hydrogen (secondary N) is 1. The number of ether oxygens (including phenoxy) is 2. The van der Waals surface area contributed by atoms with E-state index in [1.165, 1.54) is 12.5 Å². The molecule has 0 fully saturated rings. The zero-order chi connectivity index (χ0) is 14.4. The van der Waals surface area contributed by atoms with Gasteiger partial charge in [0.25, 0.3) is 5.91 Å². The Hall–Kier alpha value is -2.79. The number of aliphatic hydroxyl groups is 1. The topological polar surface area (TPSA) is 67.8 Å². The summed E-state index contributed by atoms with van der Waals surface area (Å²) >= 11 is 0. The van der Waals surface area contributed by atoms with Crippen molar-refractivity contribution in [3.8, 4) is 11.5 Å². The molecule has 21 heavy (non-hydrogen) atoms. The van der Waals surface area contributed by atoms with Crippen molar-refractivity contribution in [2.45, 2.75) is 5.72 Å². The first-order valence-corrected chi connectivity index (χ1v) is 6.46. The molecule has 104 valence electrons. The fourth-order valence-electron chi connectivity index (χ4n) is 2.65. The number of carbonyl (C=O) groups excluding carboxylic acids is 1. The van der Waals surface area contributed by atoms with Crippen LogP contribution in [0.15, 0.2) is 55.0 Å². The Balaban J connectivity index is 1.86. The second kappa shape index (κ2) is 4.10. The largest absolute Gasteiger partial charge is 0.458 e. The van der Waals surface area contributed by atoms with Gasteiger partial charge in [0.05, 0.1) is 0 Å². The number of hydrogen-bond donors (Lipinski definition) is 2. The molecule has 0 aliphatic carbocycles. The first kappa shape index (κ1) is 12.0. The van der Waals surface area contributed by atoms with Crippen LogP contribution in [0.3, 0.4) is 0 Å². The molecule has 0 saturated carbocycles. The fourth-order valence-corrected chi connectivity index (χ4v) is 2.65. The lowest BCUT2D eigenvalue weighted by Gasteiger charge is -2.25. The van der Waals surface area contributed by atoms with Crippen LogP contribution in [0.1, 0.15) is 21.5 Å². The zero-order valence-corrected chi connectivity index (χ0v) is 10.9. The molecule has 2 aliphatic rings. The lowest BCUT2D eigenvalue weighted by molar-refractivity contribution is 0.0474. The highest BCUT2D eigenvalue weighted by atomic mass is 16.5. The maximum absolute atomic E-state index is 12.0. The van der Waals surface area contributed by atoms with Gasteiger partial charge in [-0.15, -0.1) is 0 Å². The van der Waals surface area contributed by atoms with Gasteiger partial charge in [-0.25, -0.2) is 0 Å². The zero-order valence-electron chi connectivity index (χ0n) is 10.9. The summed E-state index contributed by atoms with van der Waals surface area (Å²) in [7, 11) is 0. The van der Waals surface area contributed by atoms with E-state index in [1.54, 1.807) is 42.5 Å². The molecule has 5 heteroatoms. The number of hydrogen-bond acceptors (Lipinski definition) is 4. The second-order valence-corrected chi connectivity index (χ2v) is 4.88. The molecule has 2 aliphatic heterocycles. The molecule has 2 aromatic carbocycles. The Morgan fingerprint density at radius 3 is 2.62 bits per heavy atom. The van der Waals surface area contributed by atoms with Crippen LogP contribution in [0.5, 0.6) is 11.5 Å². The van der Waals surface area contributed by atoms with Gasteiger partial charge in [-0.3, -0.25) is 4.79 Å². The Morgan fingerprint density at radius 2 is 1.76 bits per heavy atom. The van der Waals surface area contributed by atoms with Gasteiger partial charge in [0.2, 0.25) is 0 Å². The third-order valence-electron chi connectivity index (χ3n) is 3.66. The monoisotopic (exact) mass is 281 g/mol. The van der Waals surface area contributed by atoms with E-state index in [-0.39, 0.29) is 5.91 Å². The van der Waals surface area contributed by atoms with Gasteiger partial charge < -0.3 is 19.9 Å². The van der Waals surface area contributed by atoms with Crippen molar-refractivity contribution in [2.24, 2.45) is 0 Å². The summed E-state index contributed by atoms with van der Waals surface area (Å²) in [5.41, 5.74) is -0.0526. The van der Waals surface area contributed by atoms with Crippen LogP contribution in [-0.4, -0.2) is 11.0 Å². The smallest absolute Gasteiger partial charge is 0.254 e. The van der Waals surface area contributed by atoms with E-state index in [1.807, 2.05) is 0 Å². The maximum Gasteiger partial charge on any atom is 0.254 e. The molecule has 2 N–H and O–H groups in total. The van der Waals surface area contributed by atoms with E-state index >= 15 is 0 Å². The van der Waals surface area contributed by atoms with Crippen LogP contribution in [0.25, 0.3) is 0 Å². The van der Waals surface area contributed by atoms with Gasteiger partial charge in [0, 0.05) is 16.7 Å². The first-order valence-electron chi connectivity index (χ1n) is 6.46. The van der Waals surface area contributed by atoms with Crippen LogP contribution in [0.2, 0.25) is 0 Å². The molecule has 0 saturated heterocycles. The van der Waals surface area contributed by atoms with Crippen molar-refractivity contribution in [3.05, 3.63) is 71.7 Å². The van der Waals surface area contributed by atoms with Gasteiger partial charge >= 0.3 is 0 Å². The van der Waals surface area contributed by atoms with Crippen molar-refractivity contribution in [1.82, 2.24) is 5.32 Å². The molecule has 1 atom stereocenters. The summed E-state index contributed by atoms with van der Waals surface area (Å²) in [4.78, 5) is 12.0. The summed E-state index contributed by atoms with van der Waals surface area (Å²) in [5, 5.41) is 13.6. The van der Waals surface area contributed by atoms with Gasteiger partial charge in [0.15, 0.2) is 17.2 Å². The average molecular weight is 281 g/mol. The van der Waals surface area contributed by atoms with Crippen molar-refractivity contribution in [2.75, 3.05) is 0 Å². The van der Waals surface area contributed by atoms with E-state index in [0.717, 1.165) is 0 Å². The first-order chi connectivity index (χ1) is 10.2. The van der Waals surface area contributed by atoms with Crippen molar-refractivity contribution in [3.63, 3.8) is 0 Å². The SMILES string of the molecule is O=C1NC(O)(c2ccc3c(c2)OC=CO3)c2ccccc21. The number of amides is 1. The van der Waals surface area contributed by atoms with E-state index in [4.69, 9.17) is 9.47 Å². The molecule has 0 bridgehead atoms. The van der Waals surface area contributed by atoms with Crippen LogP contribution >= 0.6 is 0 Å². The van der Waals surface area contributed by atoms with E-state index < -0.39 is 5.72 Å². The van der Waals surface area contributed by atoms with Crippen LogP contribution in [0, 0.1) is 0 Å². The third-order valence-corrected chi connectivity index (χ3v) is 3.66. The second-order valence-electron chi connectivity index (χ2n) is 4.88. The molecule has 4 rings (SSSR count). The lowest BCUT2D eigenvalue weighted by Crippen LogP contribution is -2.40. The quantitative estimate of drug-likeness (QED) is 0.837. The molecule has 1 unspecified atom stereocenters. The summed E-state index contributed by atoms with van der Waals surface area (Å²) in [5.74, 6) is 0.743. The van der Waals surface area contributed by atoms with Gasteiger partial charge in [-0.1, -0.05) is 18.2 Å². The summed E-state index contributed by atoms with van der Waals surface area (Å²) in [6, 6.07) is 12.0. The molecule has 0 aromatic heterocycles. The highest BCUT2D eigenvalue weighted by Gasteiger charge is 2.43. The molecule has 2 aromatic rings. The molecule has 2 heterocycles. The number of fused-ring (bicyclic) bond motifs is 2. The number of benzene rings is 2. The van der Waals surface area contributed by atoms with Crippen molar-refractivity contribution >= 4 is 5.91 Å². The highest BCUT2D eigenvalue weighted by Crippen LogP contribution is 2.39. The minimum atomic E-state index is -1.56. The predicted octanol–water partition coefficient (Wildman–Crippen LogP) is 1.87. The normalized spacial score (nSPS) is 21.9.